The van der Waals surface area contributed by atoms with Gasteiger partial charge in [0.1, 0.15) is 0 Å². The van der Waals surface area contributed by atoms with Crippen molar-refractivity contribution in [1.29, 1.82) is 0 Å². The third kappa shape index (κ3) is 3.87. The molecule has 1 aliphatic rings. The van der Waals surface area contributed by atoms with Crippen LogP contribution in [0.3, 0.4) is 0 Å². The molecule has 1 N–H and O–H groups in total. The summed E-state index contributed by atoms with van der Waals surface area (Å²) in [7, 11) is 0. The number of piperidine rings is 1. The average Bonchev–Trinajstić information content (AvgIpc) is 2.57. The summed E-state index contributed by atoms with van der Waals surface area (Å²) in [5.41, 5.74) is -1.04. The molecule has 0 aliphatic carbocycles. The Morgan fingerprint density at radius 3 is 2.58 bits per heavy atom. The standard InChI is InChI=1S/C15H15ClF3N5/c16-10-4-5-12(11(8-10)15(17,18)19)21-14-22-13(9-20-23-14)24-6-2-1-3-7-24/h4-5,8-9H,1-3,6-7H2,(H,21,22,23). The molecule has 5 nitrogen and oxygen atoms in total. The Balaban J connectivity index is 1.86. The van der Waals surface area contributed by atoms with Gasteiger partial charge in [-0.3, -0.25) is 0 Å². The number of halogens is 4. The maximum absolute atomic E-state index is 13.1. The first-order valence-electron chi connectivity index (χ1n) is 7.52. The Kier molecular flexibility index (Phi) is 4.75. The topological polar surface area (TPSA) is 53.9 Å². The minimum atomic E-state index is -4.54. The lowest BCUT2D eigenvalue weighted by atomic mass is 10.1. The Bertz CT molecular complexity index is 716. The number of hydrogen-bond acceptors (Lipinski definition) is 5. The van der Waals surface area contributed by atoms with Crippen molar-refractivity contribution >= 4 is 29.1 Å². The molecule has 9 heteroatoms. The van der Waals surface area contributed by atoms with Crippen molar-refractivity contribution in [2.24, 2.45) is 0 Å². The molecule has 1 fully saturated rings. The van der Waals surface area contributed by atoms with Crippen LogP contribution in [0, 0.1) is 0 Å². The van der Waals surface area contributed by atoms with Crippen LogP contribution in [0.25, 0.3) is 0 Å². The lowest BCUT2D eigenvalue weighted by Gasteiger charge is -2.27. The maximum Gasteiger partial charge on any atom is 0.418 e. The van der Waals surface area contributed by atoms with Gasteiger partial charge in [0.15, 0.2) is 5.82 Å². The molecule has 0 saturated carbocycles. The van der Waals surface area contributed by atoms with Gasteiger partial charge in [0.2, 0.25) is 5.95 Å². The molecule has 24 heavy (non-hydrogen) atoms. The van der Waals surface area contributed by atoms with E-state index < -0.39 is 11.7 Å². The Morgan fingerprint density at radius 2 is 1.88 bits per heavy atom. The van der Waals surface area contributed by atoms with Gasteiger partial charge in [-0.05, 0) is 37.5 Å². The molecule has 0 spiro atoms. The second-order valence-electron chi connectivity index (χ2n) is 5.50. The molecule has 1 aliphatic heterocycles. The van der Waals surface area contributed by atoms with E-state index in [2.05, 4.69) is 25.4 Å². The van der Waals surface area contributed by atoms with E-state index in [1.165, 1.54) is 24.8 Å². The zero-order valence-electron chi connectivity index (χ0n) is 12.6. The molecule has 2 heterocycles. The number of hydrogen-bond donors (Lipinski definition) is 1. The normalized spacial score (nSPS) is 15.4. The van der Waals surface area contributed by atoms with Gasteiger partial charge in [-0.2, -0.15) is 23.3 Å². The number of alkyl halides is 3. The molecule has 128 valence electrons. The number of anilines is 3. The molecule has 1 saturated heterocycles. The SMILES string of the molecule is FC(F)(F)c1cc(Cl)ccc1Nc1nncc(N2CCCCC2)n1. The first-order valence-corrected chi connectivity index (χ1v) is 7.90. The average molecular weight is 358 g/mol. The van der Waals surface area contributed by atoms with Gasteiger partial charge in [0.25, 0.3) is 0 Å². The maximum atomic E-state index is 13.1. The van der Waals surface area contributed by atoms with E-state index in [0.29, 0.717) is 5.82 Å². The van der Waals surface area contributed by atoms with Gasteiger partial charge in [0.05, 0.1) is 17.4 Å². The van der Waals surface area contributed by atoms with Crippen LogP contribution in [-0.2, 0) is 6.18 Å². The summed E-state index contributed by atoms with van der Waals surface area (Å²) >= 11 is 5.67. The molecule has 0 unspecified atom stereocenters. The van der Waals surface area contributed by atoms with E-state index in [-0.39, 0.29) is 16.7 Å². The first-order chi connectivity index (χ1) is 11.4. The van der Waals surface area contributed by atoms with Crippen LogP contribution < -0.4 is 10.2 Å². The van der Waals surface area contributed by atoms with Gasteiger partial charge in [-0.15, -0.1) is 5.10 Å². The van der Waals surface area contributed by atoms with E-state index in [9.17, 15) is 13.2 Å². The fourth-order valence-corrected chi connectivity index (χ4v) is 2.78. The molecular formula is C15H15ClF3N5. The second-order valence-corrected chi connectivity index (χ2v) is 5.93. The van der Waals surface area contributed by atoms with Crippen LogP contribution in [0.5, 0.6) is 0 Å². The van der Waals surface area contributed by atoms with Gasteiger partial charge in [0, 0.05) is 18.1 Å². The minimum Gasteiger partial charge on any atom is -0.355 e. The minimum absolute atomic E-state index is 0.00832. The van der Waals surface area contributed by atoms with Gasteiger partial charge < -0.3 is 10.2 Å². The monoisotopic (exact) mass is 357 g/mol. The van der Waals surface area contributed by atoms with Gasteiger partial charge >= 0.3 is 6.18 Å². The zero-order valence-corrected chi connectivity index (χ0v) is 13.4. The summed E-state index contributed by atoms with van der Waals surface area (Å²) in [6.07, 6.45) is 0.262. The highest BCUT2D eigenvalue weighted by Gasteiger charge is 2.34. The fraction of sp³-hybridized carbons (Fsp3) is 0.400. The molecule has 0 bridgehead atoms. The van der Waals surface area contributed by atoms with Crippen molar-refractivity contribution in [3.8, 4) is 0 Å². The molecule has 1 aromatic carbocycles. The fourth-order valence-electron chi connectivity index (χ4n) is 2.60. The lowest BCUT2D eigenvalue weighted by Crippen LogP contribution is -2.30. The Labute approximate surface area is 141 Å². The van der Waals surface area contributed by atoms with Crippen LogP contribution in [0.2, 0.25) is 5.02 Å². The van der Waals surface area contributed by atoms with Crippen molar-refractivity contribution in [3.05, 3.63) is 35.0 Å². The summed E-state index contributed by atoms with van der Waals surface area (Å²) in [5, 5.41) is 10.2. The predicted molar refractivity (Wildman–Crippen MR) is 85.6 cm³/mol. The number of nitrogens with zero attached hydrogens (tertiary/aromatic N) is 4. The van der Waals surface area contributed by atoms with E-state index in [1.54, 1.807) is 0 Å². The zero-order chi connectivity index (χ0) is 17.2. The van der Waals surface area contributed by atoms with Crippen molar-refractivity contribution < 1.29 is 13.2 Å². The number of benzene rings is 1. The van der Waals surface area contributed by atoms with Crippen molar-refractivity contribution in [2.45, 2.75) is 25.4 Å². The van der Waals surface area contributed by atoms with Crippen molar-refractivity contribution in [2.75, 3.05) is 23.3 Å². The lowest BCUT2D eigenvalue weighted by molar-refractivity contribution is -0.136. The van der Waals surface area contributed by atoms with Crippen LogP contribution in [0.1, 0.15) is 24.8 Å². The smallest absolute Gasteiger partial charge is 0.355 e. The van der Waals surface area contributed by atoms with E-state index in [1.807, 2.05) is 0 Å². The third-order valence-corrected chi connectivity index (χ3v) is 3.99. The Morgan fingerprint density at radius 1 is 1.12 bits per heavy atom. The molecule has 2 aromatic rings. The van der Waals surface area contributed by atoms with Crippen LogP contribution in [0.15, 0.2) is 24.4 Å². The highest BCUT2D eigenvalue weighted by molar-refractivity contribution is 6.30. The largest absolute Gasteiger partial charge is 0.418 e. The Hall–Kier alpha value is -2.09. The van der Waals surface area contributed by atoms with Gasteiger partial charge in [-0.25, -0.2) is 0 Å². The van der Waals surface area contributed by atoms with E-state index >= 15 is 0 Å². The molecule has 3 rings (SSSR count). The van der Waals surface area contributed by atoms with E-state index in [0.717, 1.165) is 32.0 Å². The number of rotatable bonds is 3. The van der Waals surface area contributed by atoms with Crippen LogP contribution in [-0.4, -0.2) is 28.3 Å². The molecule has 0 atom stereocenters. The van der Waals surface area contributed by atoms with Crippen LogP contribution in [0.4, 0.5) is 30.6 Å². The number of nitrogens with one attached hydrogen (secondary N) is 1. The predicted octanol–water partition coefficient (Wildman–Crippen LogP) is 4.28. The summed E-state index contributed by atoms with van der Waals surface area (Å²) in [6, 6.07) is 3.49. The molecule has 0 radical (unpaired) electrons. The summed E-state index contributed by atoms with van der Waals surface area (Å²) in [4.78, 5) is 6.33. The summed E-state index contributed by atoms with van der Waals surface area (Å²) in [6.45, 7) is 1.71. The number of aromatic nitrogens is 3. The van der Waals surface area contributed by atoms with Crippen LogP contribution >= 0.6 is 11.6 Å². The summed E-state index contributed by atoms with van der Waals surface area (Å²) in [5.74, 6) is 0.626. The highest BCUT2D eigenvalue weighted by Crippen LogP contribution is 2.37. The highest BCUT2D eigenvalue weighted by atomic mass is 35.5. The molecule has 0 amide bonds. The third-order valence-electron chi connectivity index (χ3n) is 3.76. The van der Waals surface area contributed by atoms with E-state index in [4.69, 9.17) is 11.6 Å². The first kappa shape index (κ1) is 16.8. The second kappa shape index (κ2) is 6.80. The van der Waals surface area contributed by atoms with Crippen molar-refractivity contribution in [3.63, 3.8) is 0 Å². The molecular weight excluding hydrogens is 343 g/mol. The van der Waals surface area contributed by atoms with Crippen molar-refractivity contribution in [1.82, 2.24) is 15.2 Å². The summed E-state index contributed by atoms with van der Waals surface area (Å²) < 4.78 is 39.4. The van der Waals surface area contributed by atoms with Gasteiger partial charge in [-0.1, -0.05) is 11.6 Å². The quantitative estimate of drug-likeness (QED) is 0.888. The molecule has 1 aromatic heterocycles.